The van der Waals surface area contributed by atoms with Crippen LogP contribution in [0.2, 0.25) is 0 Å². The van der Waals surface area contributed by atoms with Gasteiger partial charge in [0.05, 0.1) is 6.54 Å². The highest BCUT2D eigenvalue weighted by Crippen LogP contribution is 2.25. The summed E-state index contributed by atoms with van der Waals surface area (Å²) in [5.41, 5.74) is 2.05. The fraction of sp³-hybridized carbons (Fsp3) is 0.526. The maximum Gasteiger partial charge on any atom is 0.151 e. The second kappa shape index (κ2) is 6.85. The lowest BCUT2D eigenvalue weighted by molar-refractivity contribution is 0.0879. The molecule has 2 fully saturated rings. The van der Waals surface area contributed by atoms with Crippen molar-refractivity contribution in [2.75, 3.05) is 26.2 Å². The molecule has 0 radical (unpaired) electrons. The first-order valence-corrected chi connectivity index (χ1v) is 8.86. The predicted octanol–water partition coefficient (Wildman–Crippen LogP) is 3.40. The number of aromatic nitrogens is 1. The summed E-state index contributed by atoms with van der Waals surface area (Å²) >= 11 is 0. The van der Waals surface area contributed by atoms with Gasteiger partial charge in [-0.15, -0.1) is 0 Å². The smallest absolute Gasteiger partial charge is 0.151 e. The van der Waals surface area contributed by atoms with E-state index in [1.807, 2.05) is 18.2 Å². The second-order valence-corrected chi connectivity index (χ2v) is 6.79. The molecule has 1 saturated heterocycles. The van der Waals surface area contributed by atoms with Gasteiger partial charge in [0.15, 0.2) is 5.76 Å². The van der Waals surface area contributed by atoms with Gasteiger partial charge in [-0.05, 0) is 12.8 Å². The first-order valence-electron chi connectivity index (χ1n) is 8.86. The van der Waals surface area contributed by atoms with Crippen molar-refractivity contribution in [1.82, 2.24) is 15.0 Å². The van der Waals surface area contributed by atoms with Crippen LogP contribution in [-0.4, -0.2) is 47.2 Å². The Morgan fingerprint density at radius 2 is 1.74 bits per heavy atom. The Kier molecular flexibility index (Phi) is 4.44. The van der Waals surface area contributed by atoms with Crippen LogP contribution >= 0.6 is 0 Å². The topological polar surface area (TPSA) is 32.5 Å². The lowest BCUT2D eigenvalue weighted by Crippen LogP contribution is -2.49. The number of hydrogen-bond acceptors (Lipinski definition) is 4. The lowest BCUT2D eigenvalue weighted by atomic mass is 10.1. The van der Waals surface area contributed by atoms with Crippen LogP contribution < -0.4 is 0 Å². The zero-order chi connectivity index (χ0) is 15.5. The van der Waals surface area contributed by atoms with Gasteiger partial charge in [0, 0.05) is 43.9 Å². The lowest BCUT2D eigenvalue weighted by Gasteiger charge is -2.37. The third-order valence-electron chi connectivity index (χ3n) is 5.26. The molecule has 0 atom stereocenters. The summed E-state index contributed by atoms with van der Waals surface area (Å²) < 4.78 is 5.54. The summed E-state index contributed by atoms with van der Waals surface area (Å²) in [6.07, 6.45) is 5.65. The molecule has 0 bridgehead atoms. The van der Waals surface area contributed by atoms with Crippen LogP contribution in [0.4, 0.5) is 0 Å². The third-order valence-corrected chi connectivity index (χ3v) is 5.26. The summed E-state index contributed by atoms with van der Waals surface area (Å²) in [6.45, 7) is 5.54. The largest absolute Gasteiger partial charge is 0.359 e. The molecule has 0 unspecified atom stereocenters. The minimum Gasteiger partial charge on any atom is -0.359 e. The van der Waals surface area contributed by atoms with Crippen molar-refractivity contribution in [3.63, 3.8) is 0 Å². The Bertz CT molecular complexity index is 611. The van der Waals surface area contributed by atoms with E-state index < -0.39 is 0 Å². The molecule has 4 nitrogen and oxygen atoms in total. The molecular weight excluding hydrogens is 286 g/mol. The van der Waals surface area contributed by atoms with Gasteiger partial charge >= 0.3 is 0 Å². The van der Waals surface area contributed by atoms with E-state index in [2.05, 4.69) is 33.2 Å². The summed E-state index contributed by atoms with van der Waals surface area (Å²) in [5, 5.41) is 4.22. The molecule has 23 heavy (non-hydrogen) atoms. The van der Waals surface area contributed by atoms with Crippen LogP contribution in [0.25, 0.3) is 11.3 Å². The minimum absolute atomic E-state index is 0.854. The van der Waals surface area contributed by atoms with E-state index in [-0.39, 0.29) is 0 Å². The highest BCUT2D eigenvalue weighted by molar-refractivity contribution is 5.58. The van der Waals surface area contributed by atoms with E-state index >= 15 is 0 Å². The maximum absolute atomic E-state index is 5.54. The number of hydrogen-bond donors (Lipinski definition) is 0. The number of rotatable bonds is 4. The summed E-state index contributed by atoms with van der Waals surface area (Å²) in [4.78, 5) is 5.18. The predicted molar refractivity (Wildman–Crippen MR) is 91.0 cm³/mol. The van der Waals surface area contributed by atoms with Crippen LogP contribution in [0.1, 0.15) is 31.4 Å². The molecule has 1 aliphatic heterocycles. The normalized spacial score (nSPS) is 21.0. The van der Waals surface area contributed by atoms with Crippen molar-refractivity contribution >= 4 is 0 Å². The van der Waals surface area contributed by atoms with E-state index in [0.29, 0.717) is 0 Å². The Hall–Kier alpha value is -1.65. The van der Waals surface area contributed by atoms with E-state index in [1.54, 1.807) is 0 Å². The Morgan fingerprint density at radius 3 is 2.48 bits per heavy atom. The van der Waals surface area contributed by atoms with Gasteiger partial charge in [0.25, 0.3) is 0 Å². The Labute approximate surface area is 138 Å². The highest BCUT2D eigenvalue weighted by atomic mass is 16.5. The van der Waals surface area contributed by atoms with Crippen LogP contribution in [0.5, 0.6) is 0 Å². The molecule has 2 aliphatic rings. The highest BCUT2D eigenvalue weighted by Gasteiger charge is 2.26. The van der Waals surface area contributed by atoms with Crippen LogP contribution in [0.15, 0.2) is 40.9 Å². The molecular formula is C19H25N3O. The minimum atomic E-state index is 0.854. The van der Waals surface area contributed by atoms with E-state index in [1.165, 1.54) is 38.8 Å². The molecule has 1 aliphatic carbocycles. The standard InChI is InChI=1S/C19H25N3O/c1-2-6-16(7-3-1)19-14-18(23-20-19)15-21-10-12-22(13-11-21)17-8-4-5-9-17/h1-3,6-7,14,17H,4-5,8-13,15H2. The first kappa shape index (κ1) is 14.9. The van der Waals surface area contributed by atoms with Gasteiger partial charge in [-0.25, -0.2) is 0 Å². The molecule has 1 aromatic carbocycles. The van der Waals surface area contributed by atoms with E-state index in [0.717, 1.165) is 42.7 Å². The summed E-state index contributed by atoms with van der Waals surface area (Å²) in [7, 11) is 0. The maximum atomic E-state index is 5.54. The molecule has 4 rings (SSSR count). The fourth-order valence-electron chi connectivity index (χ4n) is 3.91. The average Bonchev–Trinajstić information content (AvgIpc) is 3.28. The summed E-state index contributed by atoms with van der Waals surface area (Å²) in [5.74, 6) is 0.971. The van der Waals surface area contributed by atoms with Crippen molar-refractivity contribution in [2.45, 2.75) is 38.3 Å². The van der Waals surface area contributed by atoms with Crippen molar-refractivity contribution in [2.24, 2.45) is 0 Å². The summed E-state index contributed by atoms with van der Waals surface area (Å²) in [6, 6.07) is 13.2. The quantitative estimate of drug-likeness (QED) is 0.866. The van der Waals surface area contributed by atoms with Gasteiger partial charge in [0.2, 0.25) is 0 Å². The van der Waals surface area contributed by atoms with Crippen molar-refractivity contribution < 1.29 is 4.52 Å². The molecule has 0 amide bonds. The zero-order valence-electron chi connectivity index (χ0n) is 13.7. The number of benzene rings is 1. The van der Waals surface area contributed by atoms with Gasteiger partial charge in [0.1, 0.15) is 5.69 Å². The average molecular weight is 311 g/mol. The monoisotopic (exact) mass is 311 g/mol. The van der Waals surface area contributed by atoms with E-state index in [9.17, 15) is 0 Å². The van der Waals surface area contributed by atoms with Gasteiger partial charge < -0.3 is 4.52 Å². The molecule has 2 aromatic rings. The van der Waals surface area contributed by atoms with Crippen molar-refractivity contribution in [3.8, 4) is 11.3 Å². The van der Waals surface area contributed by atoms with Gasteiger partial charge in [-0.3, -0.25) is 9.80 Å². The number of piperazine rings is 1. The third kappa shape index (κ3) is 3.48. The second-order valence-electron chi connectivity index (χ2n) is 6.79. The van der Waals surface area contributed by atoms with Crippen LogP contribution in [0.3, 0.4) is 0 Å². The SMILES string of the molecule is c1ccc(-c2cc(CN3CCN(C4CCCC4)CC3)on2)cc1. The molecule has 0 N–H and O–H groups in total. The first-order chi connectivity index (χ1) is 11.4. The number of nitrogens with zero attached hydrogens (tertiary/aromatic N) is 3. The fourth-order valence-corrected chi connectivity index (χ4v) is 3.91. The molecule has 0 spiro atoms. The van der Waals surface area contributed by atoms with Gasteiger partial charge in [-0.1, -0.05) is 48.3 Å². The van der Waals surface area contributed by atoms with Crippen LogP contribution in [0, 0.1) is 0 Å². The Balaban J connectivity index is 1.32. The molecule has 1 saturated carbocycles. The molecule has 1 aromatic heterocycles. The molecule has 4 heteroatoms. The zero-order valence-corrected chi connectivity index (χ0v) is 13.7. The molecule has 2 heterocycles. The van der Waals surface area contributed by atoms with Crippen LogP contribution in [-0.2, 0) is 6.54 Å². The van der Waals surface area contributed by atoms with Crippen molar-refractivity contribution in [3.05, 3.63) is 42.2 Å². The van der Waals surface area contributed by atoms with Gasteiger partial charge in [-0.2, -0.15) is 0 Å². The molecule has 122 valence electrons. The van der Waals surface area contributed by atoms with E-state index in [4.69, 9.17) is 4.52 Å². The Morgan fingerprint density at radius 1 is 1.00 bits per heavy atom. The van der Waals surface area contributed by atoms with Crippen molar-refractivity contribution in [1.29, 1.82) is 0 Å².